The summed E-state index contributed by atoms with van der Waals surface area (Å²) in [7, 11) is 0. The number of aryl methyl sites for hydroxylation is 2. The van der Waals surface area contributed by atoms with Gasteiger partial charge in [-0.2, -0.15) is 26.3 Å². The van der Waals surface area contributed by atoms with E-state index < -0.39 is 36.7 Å². The maximum absolute atomic E-state index is 12.9. The summed E-state index contributed by atoms with van der Waals surface area (Å²) in [6.07, 6.45) is -3.79. The molecule has 22 heteroatoms. The first-order valence-corrected chi connectivity index (χ1v) is 17.9. The van der Waals surface area contributed by atoms with E-state index in [4.69, 9.17) is 14.3 Å². The van der Waals surface area contributed by atoms with Crippen LogP contribution in [0.5, 0.6) is 11.8 Å². The van der Waals surface area contributed by atoms with Crippen molar-refractivity contribution in [1.82, 2.24) is 39.4 Å². The number of hydrogen-bond donors (Lipinski definition) is 3. The molecule has 1 aromatic carbocycles. The first-order valence-electron chi connectivity index (χ1n) is 17.9. The van der Waals surface area contributed by atoms with Crippen molar-refractivity contribution in [1.29, 1.82) is 0 Å². The van der Waals surface area contributed by atoms with Crippen LogP contribution in [0.2, 0.25) is 0 Å². The van der Waals surface area contributed by atoms with E-state index in [9.17, 15) is 41.1 Å². The fourth-order valence-corrected chi connectivity index (χ4v) is 5.76. The van der Waals surface area contributed by atoms with E-state index in [2.05, 4.69) is 40.5 Å². The number of benzene rings is 1. The Morgan fingerprint density at radius 2 is 1.13 bits per heavy atom. The lowest BCUT2D eigenvalue weighted by molar-refractivity contribution is -0.154. The van der Waals surface area contributed by atoms with Gasteiger partial charge in [-0.15, -0.1) is 9.46 Å². The van der Waals surface area contributed by atoms with E-state index in [-0.39, 0.29) is 42.8 Å². The van der Waals surface area contributed by atoms with Gasteiger partial charge < -0.3 is 30.2 Å². The Morgan fingerprint density at radius 1 is 0.639 bits per heavy atom. The highest BCUT2D eigenvalue weighted by atomic mass is 19.4. The summed E-state index contributed by atoms with van der Waals surface area (Å²) < 4.78 is 85.9. The lowest BCUT2D eigenvalue weighted by Gasteiger charge is -2.16. The number of anilines is 2. The molecule has 0 saturated heterocycles. The minimum Gasteiger partial charge on any atom is -0.468 e. The topological polar surface area (TPSA) is 193 Å². The second-order valence-corrected chi connectivity index (χ2v) is 12.9. The molecule has 318 valence electrons. The monoisotopic (exact) mass is 852 g/mol. The molecule has 0 amide bonds. The molecule has 7 rings (SSSR count). The Hall–Kier alpha value is -7.52. The molecule has 6 aromatic heterocycles. The molecule has 0 bridgehead atoms. The summed E-state index contributed by atoms with van der Waals surface area (Å²) in [5, 5.41) is 16.8. The SMILES string of the molecule is Cc1ncnc2c1c(NCc1cccnc1OCC(F)(F)F)cc(=O)n2O.Cc1ncnc2c1c(NCc1cccnc1OCC(F)(F)F)cc(=O)n2OCc1ccccc1. The number of fused-ring (bicyclic) bond motifs is 2. The molecule has 0 unspecified atom stereocenters. The fourth-order valence-electron chi connectivity index (χ4n) is 5.76. The quantitative estimate of drug-likeness (QED) is 0.0909. The number of ether oxygens (including phenoxy) is 2. The zero-order valence-corrected chi connectivity index (χ0v) is 32.0. The summed E-state index contributed by atoms with van der Waals surface area (Å²) >= 11 is 0. The maximum atomic E-state index is 12.9. The molecular weight excluding hydrogens is 818 g/mol. The molecule has 0 spiro atoms. The van der Waals surface area contributed by atoms with Crippen LogP contribution >= 0.6 is 0 Å². The number of halogens is 6. The Kier molecular flexibility index (Phi) is 13.1. The van der Waals surface area contributed by atoms with Gasteiger partial charge in [0.2, 0.25) is 11.8 Å². The van der Waals surface area contributed by atoms with Gasteiger partial charge in [0.1, 0.15) is 19.3 Å². The fraction of sp³-hybridized carbons (Fsp3) is 0.231. The molecule has 0 aliphatic carbocycles. The summed E-state index contributed by atoms with van der Waals surface area (Å²) in [5.74, 6) is -0.320. The van der Waals surface area contributed by atoms with E-state index in [1.54, 1.807) is 38.1 Å². The van der Waals surface area contributed by atoms with Crippen LogP contribution in [0.15, 0.2) is 101 Å². The Bertz CT molecular complexity index is 2750. The first kappa shape index (κ1) is 43.1. The summed E-state index contributed by atoms with van der Waals surface area (Å²) in [5.41, 5.74) is 2.53. The van der Waals surface area contributed by atoms with Gasteiger partial charge in [-0.1, -0.05) is 42.5 Å². The van der Waals surface area contributed by atoms with Crippen LogP contribution in [0.25, 0.3) is 22.1 Å². The van der Waals surface area contributed by atoms with Crippen molar-refractivity contribution in [3.63, 3.8) is 0 Å². The Balaban J connectivity index is 0.000000210. The molecule has 0 aliphatic heterocycles. The third-order valence-corrected chi connectivity index (χ3v) is 8.50. The normalized spacial score (nSPS) is 11.5. The number of alkyl halides is 6. The standard InChI is InChI=1S/C23H20F3N5O3.C16H14F3N5O3/c1-15-20-18(28-11-17-8-5-9-27-22(17)33-13-23(24,25)26)10-19(32)31(21(20)30-14-29-15)34-12-16-6-3-2-4-7-16;1-9-13-11(5-12(25)24(26)14(13)23-8-22-9)21-6-10-3-2-4-20-15(10)27-7-16(17,18)19/h2-10,14,28H,11-13H2,1H3;2-5,8,21,26H,6-7H2,1H3. The number of rotatable bonds is 13. The summed E-state index contributed by atoms with van der Waals surface area (Å²) in [4.78, 5) is 54.6. The highest BCUT2D eigenvalue weighted by molar-refractivity contribution is 5.91. The minimum atomic E-state index is -4.49. The van der Waals surface area contributed by atoms with Crippen molar-refractivity contribution in [2.45, 2.75) is 45.9 Å². The third-order valence-electron chi connectivity index (χ3n) is 8.50. The van der Waals surface area contributed by atoms with E-state index in [1.807, 2.05) is 30.3 Å². The van der Waals surface area contributed by atoms with Gasteiger partial charge >= 0.3 is 12.4 Å². The average molecular weight is 853 g/mol. The van der Waals surface area contributed by atoms with Crippen LogP contribution in [0.1, 0.15) is 28.1 Å². The lowest BCUT2D eigenvalue weighted by atomic mass is 10.2. The smallest absolute Gasteiger partial charge is 0.422 e. The minimum absolute atomic E-state index is 0.0113. The third kappa shape index (κ3) is 11.2. The molecule has 3 N–H and O–H groups in total. The van der Waals surface area contributed by atoms with E-state index in [0.717, 1.165) is 16.4 Å². The van der Waals surface area contributed by atoms with Crippen molar-refractivity contribution in [3.8, 4) is 11.8 Å². The molecule has 6 heterocycles. The van der Waals surface area contributed by atoms with Gasteiger partial charge in [-0.25, -0.2) is 29.9 Å². The maximum Gasteiger partial charge on any atom is 0.422 e. The van der Waals surface area contributed by atoms with Crippen LogP contribution in [0, 0.1) is 13.8 Å². The molecule has 0 radical (unpaired) electrons. The highest BCUT2D eigenvalue weighted by Crippen LogP contribution is 2.27. The second kappa shape index (κ2) is 18.6. The molecule has 16 nitrogen and oxygen atoms in total. The molecule has 7 aromatic rings. The van der Waals surface area contributed by atoms with Gasteiger partial charge in [0.25, 0.3) is 11.1 Å². The van der Waals surface area contributed by atoms with Crippen molar-refractivity contribution in [3.05, 3.63) is 141 Å². The van der Waals surface area contributed by atoms with E-state index >= 15 is 0 Å². The van der Waals surface area contributed by atoms with Gasteiger partial charge in [-0.3, -0.25) is 9.59 Å². The zero-order valence-electron chi connectivity index (χ0n) is 32.0. The predicted octanol–water partition coefficient (Wildman–Crippen LogP) is 5.96. The molecular formula is C39H34F6N10O6. The highest BCUT2D eigenvalue weighted by Gasteiger charge is 2.30. The van der Waals surface area contributed by atoms with E-state index in [0.29, 0.717) is 49.4 Å². The molecule has 0 saturated carbocycles. The predicted molar refractivity (Wildman–Crippen MR) is 207 cm³/mol. The number of hydrogen-bond acceptors (Lipinski definition) is 14. The van der Waals surface area contributed by atoms with Crippen molar-refractivity contribution < 1.29 is 45.9 Å². The Morgan fingerprint density at radius 3 is 1.66 bits per heavy atom. The van der Waals surface area contributed by atoms with Gasteiger partial charge in [0.05, 0.1) is 33.5 Å². The van der Waals surface area contributed by atoms with E-state index in [1.165, 1.54) is 31.1 Å². The summed E-state index contributed by atoms with van der Waals surface area (Å²) in [6, 6.07) is 18.1. The molecule has 61 heavy (non-hydrogen) atoms. The number of nitrogens with zero attached hydrogens (tertiary/aromatic N) is 8. The van der Waals surface area contributed by atoms with Crippen molar-refractivity contribution >= 4 is 33.4 Å². The first-order chi connectivity index (χ1) is 29.1. The van der Waals surface area contributed by atoms with Crippen LogP contribution in [0.3, 0.4) is 0 Å². The molecule has 0 aliphatic rings. The lowest BCUT2D eigenvalue weighted by Crippen LogP contribution is -2.28. The largest absolute Gasteiger partial charge is 0.468 e. The zero-order chi connectivity index (χ0) is 43.7. The van der Waals surface area contributed by atoms with Crippen molar-refractivity contribution in [2.75, 3.05) is 23.8 Å². The van der Waals surface area contributed by atoms with Gasteiger partial charge in [0.15, 0.2) is 24.5 Å². The van der Waals surface area contributed by atoms with Crippen LogP contribution in [0.4, 0.5) is 37.7 Å². The number of nitrogens with one attached hydrogen (secondary N) is 2. The van der Waals surface area contributed by atoms with Crippen LogP contribution in [-0.4, -0.2) is 70.1 Å². The van der Waals surface area contributed by atoms with Crippen molar-refractivity contribution in [2.24, 2.45) is 0 Å². The second-order valence-electron chi connectivity index (χ2n) is 12.9. The molecule has 0 fully saturated rings. The average Bonchev–Trinajstić information content (AvgIpc) is 3.22. The van der Waals surface area contributed by atoms with Crippen LogP contribution in [-0.2, 0) is 19.7 Å². The van der Waals surface area contributed by atoms with Gasteiger partial charge in [0, 0.05) is 48.7 Å². The molecule has 0 atom stereocenters. The van der Waals surface area contributed by atoms with Crippen LogP contribution < -0.4 is 36.1 Å². The van der Waals surface area contributed by atoms with Gasteiger partial charge in [-0.05, 0) is 31.5 Å². The Labute approximate surface area is 340 Å². The number of pyridine rings is 4. The number of aromatic nitrogens is 8. The summed E-state index contributed by atoms with van der Waals surface area (Å²) in [6.45, 7) is 0.735.